The van der Waals surface area contributed by atoms with Crippen LogP contribution in [0.25, 0.3) is 0 Å². The first-order valence-electron chi connectivity index (χ1n) is 3.73. The first kappa shape index (κ1) is 9.25. The van der Waals surface area contributed by atoms with Crippen molar-refractivity contribution >= 4 is 12.6 Å². The molecule has 1 N–H and O–H groups in total. The van der Waals surface area contributed by atoms with E-state index in [1.807, 2.05) is 24.3 Å². The van der Waals surface area contributed by atoms with Crippen LogP contribution in [0.1, 0.15) is 5.56 Å². The molecule has 0 atom stereocenters. The minimum Gasteiger partial charge on any atom is -0.497 e. The number of methoxy groups -OCH3 is 1. The lowest BCUT2D eigenvalue weighted by atomic mass is 10.2. The number of amides is 1. The molecule has 68 valence electrons. The fourth-order valence-corrected chi connectivity index (χ4v) is 0.832. The van der Waals surface area contributed by atoms with Crippen LogP contribution in [0.2, 0.25) is 0 Å². The molecule has 4 heteroatoms. The van der Waals surface area contributed by atoms with E-state index in [9.17, 15) is 4.79 Å². The summed E-state index contributed by atoms with van der Waals surface area (Å²) in [7, 11) is 1.61. The predicted octanol–water partition coefficient (Wildman–Crippen LogP) is 0.775. The van der Waals surface area contributed by atoms with Gasteiger partial charge in [0.15, 0.2) is 0 Å². The highest BCUT2D eigenvalue weighted by Gasteiger charge is 1.89. The maximum atomic E-state index is 9.85. The maximum absolute atomic E-state index is 9.85. The molecule has 1 aromatic carbocycles. The third-order valence-corrected chi connectivity index (χ3v) is 1.46. The van der Waals surface area contributed by atoms with Crippen molar-refractivity contribution in [3.05, 3.63) is 29.8 Å². The van der Waals surface area contributed by atoms with Gasteiger partial charge in [-0.15, -0.1) is 0 Å². The number of ether oxygens (including phenoxy) is 1. The van der Waals surface area contributed by atoms with E-state index in [2.05, 4.69) is 10.5 Å². The van der Waals surface area contributed by atoms with Crippen LogP contribution in [0.15, 0.2) is 29.4 Å². The minimum absolute atomic E-state index is 0.514. The first-order chi connectivity index (χ1) is 6.36. The Hall–Kier alpha value is -1.84. The molecule has 0 fully saturated rings. The molecule has 0 saturated carbocycles. The van der Waals surface area contributed by atoms with Gasteiger partial charge in [-0.2, -0.15) is 5.10 Å². The van der Waals surface area contributed by atoms with E-state index in [0.29, 0.717) is 6.41 Å². The second kappa shape index (κ2) is 4.92. The number of hydrazone groups is 1. The number of carbonyl (C=O) groups excluding carboxylic acids is 1. The summed E-state index contributed by atoms with van der Waals surface area (Å²) in [6.45, 7) is 0. The van der Waals surface area contributed by atoms with Crippen LogP contribution >= 0.6 is 0 Å². The Morgan fingerprint density at radius 1 is 1.38 bits per heavy atom. The predicted molar refractivity (Wildman–Crippen MR) is 49.8 cm³/mol. The number of hydrogen-bond acceptors (Lipinski definition) is 3. The average Bonchev–Trinajstić information content (AvgIpc) is 2.19. The fourth-order valence-electron chi connectivity index (χ4n) is 0.832. The second-order valence-corrected chi connectivity index (χ2v) is 2.28. The molecule has 1 aromatic rings. The zero-order chi connectivity index (χ0) is 9.52. The molecule has 0 spiro atoms. The number of carbonyl (C=O) groups is 1. The topological polar surface area (TPSA) is 50.7 Å². The zero-order valence-corrected chi connectivity index (χ0v) is 7.23. The Kier molecular flexibility index (Phi) is 3.50. The summed E-state index contributed by atoms with van der Waals surface area (Å²) in [6.07, 6.45) is 2.06. The van der Waals surface area contributed by atoms with Gasteiger partial charge in [0.2, 0.25) is 6.41 Å². The van der Waals surface area contributed by atoms with Gasteiger partial charge in [0, 0.05) is 0 Å². The summed E-state index contributed by atoms with van der Waals surface area (Å²) in [5.74, 6) is 0.792. The largest absolute Gasteiger partial charge is 0.497 e. The monoisotopic (exact) mass is 178 g/mol. The van der Waals surface area contributed by atoms with Gasteiger partial charge in [-0.1, -0.05) is 0 Å². The van der Waals surface area contributed by atoms with Gasteiger partial charge in [-0.05, 0) is 29.8 Å². The average molecular weight is 178 g/mol. The molecule has 0 aliphatic heterocycles. The third-order valence-electron chi connectivity index (χ3n) is 1.46. The Morgan fingerprint density at radius 3 is 2.62 bits per heavy atom. The molecule has 1 amide bonds. The molecular weight excluding hydrogens is 168 g/mol. The van der Waals surface area contributed by atoms with Crippen molar-refractivity contribution in [3.63, 3.8) is 0 Å². The molecule has 4 nitrogen and oxygen atoms in total. The molecule has 13 heavy (non-hydrogen) atoms. The van der Waals surface area contributed by atoms with E-state index in [0.717, 1.165) is 11.3 Å². The fraction of sp³-hybridized carbons (Fsp3) is 0.111. The molecule has 0 unspecified atom stereocenters. The van der Waals surface area contributed by atoms with Crippen LogP contribution in [-0.4, -0.2) is 19.7 Å². The molecule has 0 aliphatic carbocycles. The van der Waals surface area contributed by atoms with Crippen LogP contribution < -0.4 is 10.2 Å². The van der Waals surface area contributed by atoms with Gasteiger partial charge < -0.3 is 4.74 Å². The van der Waals surface area contributed by atoms with Crippen molar-refractivity contribution in [2.75, 3.05) is 7.11 Å². The standard InChI is InChI=1S/C9H10N2O2/c1-13-9-4-2-8(3-5-9)6-10-11-7-12/h2-7H,1H3,(H,11,12)/b10-6+. The Labute approximate surface area is 76.2 Å². The van der Waals surface area contributed by atoms with Crippen molar-refractivity contribution in [2.24, 2.45) is 5.10 Å². The van der Waals surface area contributed by atoms with Gasteiger partial charge in [-0.3, -0.25) is 4.79 Å². The highest BCUT2D eigenvalue weighted by atomic mass is 16.5. The van der Waals surface area contributed by atoms with Gasteiger partial charge >= 0.3 is 0 Å². The molecule has 0 bridgehead atoms. The summed E-state index contributed by atoms with van der Waals surface area (Å²) in [5, 5.41) is 3.63. The molecule has 1 rings (SSSR count). The number of nitrogens with zero attached hydrogens (tertiary/aromatic N) is 1. The number of benzene rings is 1. The van der Waals surface area contributed by atoms with E-state index in [4.69, 9.17) is 4.74 Å². The van der Waals surface area contributed by atoms with Gasteiger partial charge in [0.25, 0.3) is 0 Å². The highest BCUT2D eigenvalue weighted by Crippen LogP contribution is 2.09. The zero-order valence-electron chi connectivity index (χ0n) is 7.23. The number of nitrogens with one attached hydrogen (secondary N) is 1. The lowest BCUT2D eigenvalue weighted by Crippen LogP contribution is -2.00. The summed E-state index contributed by atoms with van der Waals surface area (Å²) in [4.78, 5) is 9.85. The lowest BCUT2D eigenvalue weighted by Gasteiger charge is -1.98. The Balaban J connectivity index is 2.63. The van der Waals surface area contributed by atoms with Crippen molar-refractivity contribution in [1.82, 2.24) is 5.43 Å². The minimum atomic E-state index is 0.514. The second-order valence-electron chi connectivity index (χ2n) is 2.28. The van der Waals surface area contributed by atoms with Crippen LogP contribution in [0, 0.1) is 0 Å². The normalized spacial score (nSPS) is 9.92. The van der Waals surface area contributed by atoms with Crippen LogP contribution in [0.5, 0.6) is 5.75 Å². The summed E-state index contributed by atoms with van der Waals surface area (Å²) >= 11 is 0. The van der Waals surface area contributed by atoms with Crippen molar-refractivity contribution in [1.29, 1.82) is 0 Å². The molecule has 0 aromatic heterocycles. The summed E-state index contributed by atoms with van der Waals surface area (Å²) < 4.78 is 4.98. The van der Waals surface area contributed by atoms with E-state index in [1.165, 1.54) is 0 Å². The quantitative estimate of drug-likeness (QED) is 0.420. The van der Waals surface area contributed by atoms with Crippen molar-refractivity contribution < 1.29 is 9.53 Å². The lowest BCUT2D eigenvalue weighted by molar-refractivity contribution is -0.109. The smallest absolute Gasteiger partial charge is 0.227 e. The van der Waals surface area contributed by atoms with E-state index in [1.54, 1.807) is 13.3 Å². The molecular formula is C9H10N2O2. The molecule has 0 radical (unpaired) electrons. The van der Waals surface area contributed by atoms with Crippen LogP contribution in [0.4, 0.5) is 0 Å². The molecule has 0 aliphatic rings. The summed E-state index contributed by atoms with van der Waals surface area (Å²) in [5.41, 5.74) is 3.08. The third kappa shape index (κ3) is 2.94. The number of rotatable bonds is 4. The summed E-state index contributed by atoms with van der Waals surface area (Å²) in [6, 6.07) is 7.33. The van der Waals surface area contributed by atoms with Gasteiger partial charge in [0.1, 0.15) is 5.75 Å². The number of hydrogen-bond donors (Lipinski definition) is 1. The SMILES string of the molecule is COc1ccc(/C=N/NC=O)cc1. The van der Waals surface area contributed by atoms with Crippen LogP contribution in [-0.2, 0) is 4.79 Å². The van der Waals surface area contributed by atoms with Gasteiger partial charge in [-0.25, -0.2) is 5.43 Å². The van der Waals surface area contributed by atoms with Crippen LogP contribution in [0.3, 0.4) is 0 Å². The molecule has 0 heterocycles. The highest BCUT2D eigenvalue weighted by molar-refractivity contribution is 5.80. The van der Waals surface area contributed by atoms with Crippen molar-refractivity contribution in [2.45, 2.75) is 0 Å². The first-order valence-corrected chi connectivity index (χ1v) is 3.73. The van der Waals surface area contributed by atoms with E-state index >= 15 is 0 Å². The molecule has 0 saturated heterocycles. The van der Waals surface area contributed by atoms with E-state index < -0.39 is 0 Å². The van der Waals surface area contributed by atoms with Crippen molar-refractivity contribution in [3.8, 4) is 5.75 Å². The Morgan fingerprint density at radius 2 is 2.08 bits per heavy atom. The van der Waals surface area contributed by atoms with Gasteiger partial charge in [0.05, 0.1) is 13.3 Å². The Bertz CT molecular complexity index is 293. The maximum Gasteiger partial charge on any atom is 0.227 e. The van der Waals surface area contributed by atoms with E-state index in [-0.39, 0.29) is 0 Å².